The zero-order chi connectivity index (χ0) is 15.1. The van der Waals surface area contributed by atoms with Crippen LogP contribution in [0.1, 0.15) is 44.8 Å². The van der Waals surface area contributed by atoms with Crippen molar-refractivity contribution < 1.29 is 19.3 Å². The number of methoxy groups -OCH3 is 3. The second-order valence-electron chi connectivity index (χ2n) is 5.07. The molecule has 0 aliphatic carbocycles. The van der Waals surface area contributed by atoms with E-state index in [1.807, 2.05) is 6.07 Å². The Morgan fingerprint density at radius 3 is 2.20 bits per heavy atom. The average molecular weight is 282 g/mol. The van der Waals surface area contributed by atoms with Crippen molar-refractivity contribution in [1.82, 2.24) is 0 Å². The van der Waals surface area contributed by atoms with E-state index in [2.05, 4.69) is 13.8 Å². The van der Waals surface area contributed by atoms with Crippen molar-refractivity contribution in [2.45, 2.75) is 39.2 Å². The summed E-state index contributed by atoms with van der Waals surface area (Å²) in [7, 11) is 4.72. The van der Waals surface area contributed by atoms with Crippen molar-refractivity contribution in [2.75, 3.05) is 21.3 Å². The van der Waals surface area contributed by atoms with Crippen molar-refractivity contribution in [1.29, 1.82) is 0 Å². The highest BCUT2D eigenvalue weighted by Gasteiger charge is 2.22. The lowest BCUT2D eigenvalue weighted by atomic mass is 9.94. The smallest absolute Gasteiger partial charge is 0.203 e. The quantitative estimate of drug-likeness (QED) is 0.792. The SMILES string of the molecule is CCCC(C)CC(O)c1ccc(OC)c(OC)c1OC. The van der Waals surface area contributed by atoms with Gasteiger partial charge in [0.1, 0.15) is 0 Å². The lowest BCUT2D eigenvalue weighted by Gasteiger charge is -2.21. The molecule has 0 heterocycles. The van der Waals surface area contributed by atoms with E-state index in [9.17, 15) is 5.11 Å². The van der Waals surface area contributed by atoms with E-state index in [4.69, 9.17) is 14.2 Å². The summed E-state index contributed by atoms with van der Waals surface area (Å²) in [5, 5.41) is 10.4. The normalized spacial score (nSPS) is 13.7. The number of rotatable bonds is 8. The second-order valence-corrected chi connectivity index (χ2v) is 5.07. The summed E-state index contributed by atoms with van der Waals surface area (Å²) in [6.07, 6.45) is 2.37. The molecule has 1 N–H and O–H groups in total. The van der Waals surface area contributed by atoms with Crippen molar-refractivity contribution in [3.8, 4) is 17.2 Å². The lowest BCUT2D eigenvalue weighted by Crippen LogP contribution is -2.07. The number of benzene rings is 1. The Hall–Kier alpha value is -1.42. The van der Waals surface area contributed by atoms with Gasteiger partial charge < -0.3 is 19.3 Å². The van der Waals surface area contributed by atoms with E-state index in [-0.39, 0.29) is 0 Å². The molecule has 4 nitrogen and oxygen atoms in total. The summed E-state index contributed by atoms with van der Waals surface area (Å²) in [6.45, 7) is 4.31. The average Bonchev–Trinajstić information content (AvgIpc) is 2.45. The summed E-state index contributed by atoms with van der Waals surface area (Å²) in [4.78, 5) is 0. The molecule has 0 saturated carbocycles. The lowest BCUT2D eigenvalue weighted by molar-refractivity contribution is 0.140. The number of aliphatic hydroxyl groups is 1. The Balaban J connectivity index is 3.05. The standard InChI is InChI=1S/C16H26O4/c1-6-7-11(2)10-13(17)12-8-9-14(18-3)16(20-5)15(12)19-4/h8-9,11,13,17H,6-7,10H2,1-5H3. The summed E-state index contributed by atoms with van der Waals surface area (Å²) in [6, 6.07) is 3.63. The minimum Gasteiger partial charge on any atom is -0.493 e. The van der Waals surface area contributed by atoms with Crippen LogP contribution < -0.4 is 14.2 Å². The maximum Gasteiger partial charge on any atom is 0.203 e. The van der Waals surface area contributed by atoms with Crippen LogP contribution in [0.3, 0.4) is 0 Å². The van der Waals surface area contributed by atoms with E-state index in [1.165, 1.54) is 0 Å². The van der Waals surface area contributed by atoms with Crippen LogP contribution in [-0.2, 0) is 0 Å². The minimum absolute atomic E-state index is 0.466. The molecule has 0 bridgehead atoms. The van der Waals surface area contributed by atoms with Crippen LogP contribution in [0.2, 0.25) is 0 Å². The molecule has 0 aliphatic rings. The zero-order valence-corrected chi connectivity index (χ0v) is 13.1. The Morgan fingerprint density at radius 1 is 1.05 bits per heavy atom. The predicted molar refractivity (Wildman–Crippen MR) is 79.7 cm³/mol. The van der Waals surface area contributed by atoms with Gasteiger partial charge >= 0.3 is 0 Å². The number of aliphatic hydroxyl groups excluding tert-OH is 1. The third-order valence-corrected chi connectivity index (χ3v) is 3.50. The molecule has 1 aromatic carbocycles. The molecular weight excluding hydrogens is 256 g/mol. The number of ether oxygens (including phenoxy) is 3. The van der Waals surface area contributed by atoms with Crippen LogP contribution in [0, 0.1) is 5.92 Å². The van der Waals surface area contributed by atoms with Crippen LogP contribution in [0.25, 0.3) is 0 Å². The molecule has 2 atom stereocenters. The van der Waals surface area contributed by atoms with Crippen molar-refractivity contribution in [2.24, 2.45) is 5.92 Å². The largest absolute Gasteiger partial charge is 0.493 e. The highest BCUT2D eigenvalue weighted by molar-refractivity contribution is 5.56. The molecule has 20 heavy (non-hydrogen) atoms. The van der Waals surface area contributed by atoms with Crippen LogP contribution in [-0.4, -0.2) is 26.4 Å². The van der Waals surface area contributed by atoms with E-state index < -0.39 is 6.10 Å². The highest BCUT2D eigenvalue weighted by Crippen LogP contribution is 2.43. The Labute approximate surface area is 121 Å². The Kier molecular flexibility index (Phi) is 6.65. The van der Waals surface area contributed by atoms with Gasteiger partial charge in [0.05, 0.1) is 27.4 Å². The molecule has 0 amide bonds. The fourth-order valence-electron chi connectivity index (χ4n) is 2.51. The van der Waals surface area contributed by atoms with Gasteiger partial charge in [0.25, 0.3) is 0 Å². The summed E-state index contributed by atoms with van der Waals surface area (Å²) in [5.41, 5.74) is 0.744. The molecule has 2 unspecified atom stereocenters. The number of hydrogen-bond acceptors (Lipinski definition) is 4. The van der Waals surface area contributed by atoms with Crippen molar-refractivity contribution in [3.63, 3.8) is 0 Å². The summed E-state index contributed by atoms with van der Waals surface area (Å²) < 4.78 is 16.0. The van der Waals surface area contributed by atoms with E-state index in [0.29, 0.717) is 29.6 Å². The van der Waals surface area contributed by atoms with Gasteiger partial charge in [0.2, 0.25) is 5.75 Å². The van der Waals surface area contributed by atoms with E-state index >= 15 is 0 Å². The zero-order valence-electron chi connectivity index (χ0n) is 13.1. The van der Waals surface area contributed by atoms with E-state index in [0.717, 1.165) is 18.4 Å². The third kappa shape index (κ3) is 3.79. The first-order valence-corrected chi connectivity index (χ1v) is 7.05. The maximum atomic E-state index is 10.4. The van der Waals surface area contributed by atoms with Crippen molar-refractivity contribution in [3.05, 3.63) is 17.7 Å². The van der Waals surface area contributed by atoms with Gasteiger partial charge in [0.15, 0.2) is 11.5 Å². The fraction of sp³-hybridized carbons (Fsp3) is 0.625. The predicted octanol–water partition coefficient (Wildman–Crippen LogP) is 3.57. The maximum absolute atomic E-state index is 10.4. The first-order valence-electron chi connectivity index (χ1n) is 7.05. The molecule has 0 radical (unpaired) electrons. The van der Waals surface area contributed by atoms with Crippen LogP contribution in [0.5, 0.6) is 17.2 Å². The van der Waals surface area contributed by atoms with Gasteiger partial charge in [-0.1, -0.05) is 26.7 Å². The summed E-state index contributed by atoms with van der Waals surface area (Å²) >= 11 is 0. The van der Waals surface area contributed by atoms with Crippen LogP contribution in [0.15, 0.2) is 12.1 Å². The monoisotopic (exact) mass is 282 g/mol. The fourth-order valence-corrected chi connectivity index (χ4v) is 2.51. The Bertz CT molecular complexity index is 417. The van der Waals surface area contributed by atoms with E-state index in [1.54, 1.807) is 27.4 Å². The first kappa shape index (κ1) is 16.6. The molecule has 1 rings (SSSR count). The van der Waals surface area contributed by atoms with Crippen LogP contribution in [0.4, 0.5) is 0 Å². The topological polar surface area (TPSA) is 47.9 Å². The van der Waals surface area contributed by atoms with Crippen LogP contribution >= 0.6 is 0 Å². The van der Waals surface area contributed by atoms with Gasteiger partial charge in [0, 0.05) is 5.56 Å². The molecule has 0 saturated heterocycles. The molecule has 0 aliphatic heterocycles. The van der Waals surface area contributed by atoms with Gasteiger partial charge in [-0.2, -0.15) is 0 Å². The minimum atomic E-state index is -0.564. The Morgan fingerprint density at radius 2 is 1.70 bits per heavy atom. The molecule has 4 heteroatoms. The number of hydrogen-bond donors (Lipinski definition) is 1. The molecule has 1 aromatic rings. The first-order chi connectivity index (χ1) is 9.58. The van der Waals surface area contributed by atoms with Crippen molar-refractivity contribution >= 4 is 0 Å². The molecule has 0 spiro atoms. The van der Waals surface area contributed by atoms with Gasteiger partial charge in [-0.05, 0) is 24.5 Å². The molecule has 114 valence electrons. The third-order valence-electron chi connectivity index (χ3n) is 3.50. The summed E-state index contributed by atoms with van der Waals surface area (Å²) in [5.74, 6) is 2.13. The van der Waals surface area contributed by atoms with Gasteiger partial charge in [-0.25, -0.2) is 0 Å². The molecular formula is C16H26O4. The molecule has 0 fully saturated rings. The highest BCUT2D eigenvalue weighted by atomic mass is 16.5. The van der Waals surface area contributed by atoms with Gasteiger partial charge in [-0.3, -0.25) is 0 Å². The second kappa shape index (κ2) is 8.00. The van der Waals surface area contributed by atoms with Gasteiger partial charge in [-0.15, -0.1) is 0 Å². The molecule has 0 aromatic heterocycles.